The highest BCUT2D eigenvalue weighted by Crippen LogP contribution is 2.35. The highest BCUT2D eigenvalue weighted by Gasteiger charge is 2.22. The summed E-state index contributed by atoms with van der Waals surface area (Å²) >= 11 is 1.79. The molecule has 0 saturated heterocycles. The topological polar surface area (TPSA) is 514 Å². The van der Waals surface area contributed by atoms with Crippen molar-refractivity contribution >= 4 is 115 Å². The minimum absolute atomic E-state index is 0.0149. The average Bonchev–Trinajstić information content (AvgIpc) is 1.81. The predicted molar refractivity (Wildman–Crippen MR) is 533 cm³/mol. The first kappa shape index (κ1) is 110. The van der Waals surface area contributed by atoms with Crippen molar-refractivity contribution < 1.29 is 84.4 Å². The van der Waals surface area contributed by atoms with Crippen molar-refractivity contribution in [1.29, 1.82) is 0 Å². The number of nitro benzene ring substituents is 3. The maximum absolute atomic E-state index is 14.2. The number of carbonyl (C=O) groups excluding carboxylic acids is 4. The van der Waals surface area contributed by atoms with E-state index in [9.17, 15) is 80.7 Å². The summed E-state index contributed by atoms with van der Waals surface area (Å²) in [6, 6.07) is 54.5. The Hall–Kier alpha value is -17.9. The van der Waals surface area contributed by atoms with Gasteiger partial charge in [0.1, 0.15) is 45.9 Å². The zero-order valence-electron chi connectivity index (χ0n) is 78.5. The van der Waals surface area contributed by atoms with E-state index in [1.54, 1.807) is 148 Å². The van der Waals surface area contributed by atoms with Crippen molar-refractivity contribution in [3.05, 3.63) is 379 Å². The summed E-state index contributed by atoms with van der Waals surface area (Å²) in [5, 5.41) is 54.4. The van der Waals surface area contributed by atoms with Crippen LogP contribution in [0.2, 0.25) is 0 Å². The number of methoxy groups -OCH3 is 2. The van der Waals surface area contributed by atoms with Crippen LogP contribution in [0.1, 0.15) is 103 Å². The number of aromatic amines is 1. The Morgan fingerprint density at radius 3 is 1.34 bits per heavy atom. The number of benzene rings is 10. The number of hydrogen-bond acceptors (Lipinski definition) is 23. The van der Waals surface area contributed by atoms with Gasteiger partial charge in [-0.2, -0.15) is 0 Å². The Kier molecular flexibility index (Phi) is 40.9. The number of carbonyl (C=O) groups is 5. The number of nitrogens with one attached hydrogen (secondary N) is 6. The Morgan fingerprint density at radius 1 is 0.468 bits per heavy atom. The summed E-state index contributed by atoms with van der Waals surface area (Å²) in [6.07, 6.45) is 19.6. The molecule has 0 bridgehead atoms. The highest BCUT2D eigenvalue weighted by molar-refractivity contribution is 8.00. The van der Waals surface area contributed by atoms with Gasteiger partial charge in [-0.25, -0.2) is 41.1 Å². The second-order valence-corrected chi connectivity index (χ2v) is 33.6. The molecule has 0 unspecified atom stereocenters. The molecule has 0 spiro atoms. The number of anilines is 10. The third-order valence-electron chi connectivity index (χ3n) is 18.5. The molecule has 35 nitrogen and oxygen atoms in total. The molecule has 0 radical (unpaired) electrons. The lowest BCUT2D eigenvalue weighted by molar-refractivity contribution is -0.384. The molecule has 15 rings (SSSR count). The largest absolute Gasteiger partial charge is 0.493 e. The van der Waals surface area contributed by atoms with Gasteiger partial charge in [0, 0.05) is 146 Å². The fraction of sp³-hybridized carbons (Fsp3) is 0.162. The van der Waals surface area contributed by atoms with Crippen LogP contribution in [0.25, 0.3) is 17.1 Å². The smallest absolute Gasteiger partial charge is 0.335 e. The zero-order valence-corrected chi connectivity index (χ0v) is 79.3. The molecule has 4 amide bonds. The van der Waals surface area contributed by atoms with Crippen LogP contribution in [0, 0.1) is 79.1 Å². The number of rotatable bonds is 20. The van der Waals surface area contributed by atoms with E-state index < -0.39 is 78.6 Å². The number of carboxylic acid groups (broad SMARTS) is 1. The minimum atomic E-state index is -1.28. The fourth-order valence-electron chi connectivity index (χ4n) is 11.7. The predicted octanol–water partition coefficient (Wildman–Crippen LogP) is 20.9. The molecule has 0 aliphatic carbocycles. The number of imidazole rings is 2. The van der Waals surface area contributed by atoms with E-state index in [1.807, 2.05) is 135 Å². The molecule has 0 aliphatic heterocycles. The van der Waals surface area contributed by atoms with Gasteiger partial charge < -0.3 is 97.8 Å². The number of nitrogens with two attached hydrogens (primary N) is 5. The number of amides is 4. The second kappa shape index (κ2) is 52.3. The molecule has 15 aromatic rings. The number of aromatic nitrogens is 7. The molecule has 738 valence electrons. The van der Waals surface area contributed by atoms with Gasteiger partial charge in [-0.3, -0.25) is 49.5 Å². The molecular weight excluding hydrogens is 1860 g/mol. The molecule has 141 heavy (non-hydrogen) atoms. The number of hydrogen-bond donors (Lipinski definition) is 12. The number of aromatic carboxylic acids is 1. The highest BCUT2D eigenvalue weighted by atomic mass is 32.2. The van der Waals surface area contributed by atoms with E-state index in [0.29, 0.717) is 75.2 Å². The lowest BCUT2D eigenvalue weighted by atomic mass is 10.1. The average molecular weight is 1960 g/mol. The zero-order chi connectivity index (χ0) is 104. The summed E-state index contributed by atoms with van der Waals surface area (Å²) < 4.78 is 102. The van der Waals surface area contributed by atoms with E-state index in [-0.39, 0.29) is 73.4 Å². The van der Waals surface area contributed by atoms with E-state index >= 15 is 0 Å². The molecule has 17 N–H and O–H groups in total. The van der Waals surface area contributed by atoms with Crippen LogP contribution in [0.5, 0.6) is 17.2 Å². The molecule has 0 atom stereocenters. The summed E-state index contributed by atoms with van der Waals surface area (Å²) in [6.45, 7) is 19.2. The lowest BCUT2D eigenvalue weighted by Crippen LogP contribution is -2.22. The van der Waals surface area contributed by atoms with Gasteiger partial charge in [0.2, 0.25) is 11.8 Å². The first-order valence-electron chi connectivity index (χ1n) is 42.0. The molecule has 10 aromatic carbocycles. The van der Waals surface area contributed by atoms with Crippen LogP contribution < -0.4 is 69.5 Å². The van der Waals surface area contributed by atoms with Crippen LogP contribution in [-0.4, -0.2) is 107 Å². The molecular formula is C99H104F6N20O15S. The molecule has 0 fully saturated rings. The van der Waals surface area contributed by atoms with Crippen molar-refractivity contribution in [3.8, 4) is 34.3 Å². The molecule has 0 aliphatic rings. The van der Waals surface area contributed by atoms with Gasteiger partial charge in [0.15, 0.2) is 34.1 Å². The number of nitro groups is 3. The number of carboxylic acids is 1. The Morgan fingerprint density at radius 2 is 0.894 bits per heavy atom. The molecule has 0 saturated carbocycles. The summed E-state index contributed by atoms with van der Waals surface area (Å²) in [5.41, 5.74) is 32.8. The summed E-state index contributed by atoms with van der Waals surface area (Å²) in [7, 11) is 5.20. The SMILES string of the molecule is CC(=O)Nc1ccc(C(=O)Nc2cc(-n3cccc3)c(F)cc2N)cc1.CC(=O)Nc1ccc(C(=O)O)cc1.CC(C)(C)Oc1ccc(-n2ccnc2)cc1.COc1ccc(NCc2ccc(C(=O)Nc3cc(C)c(F)cc3N)cc2)cc1OC.Cc1cc(N)c([N+](=O)[O-])cc1F.Cn1ccnc1SC(C)(C)C.Nc1cc(-n2cccc2)c(F)cc1[N+](=O)[O-].Nc1cc(F)c(F)cc1[N+](=O)[O-].c1cc[nH]c1. The van der Waals surface area contributed by atoms with Gasteiger partial charge in [-0.1, -0.05) is 44.7 Å². The van der Waals surface area contributed by atoms with Crippen LogP contribution in [-0.2, 0) is 23.2 Å². The normalized spacial score (nSPS) is 10.3. The third-order valence-corrected chi connectivity index (χ3v) is 19.7. The number of halogens is 6. The fourth-order valence-corrected chi connectivity index (χ4v) is 12.6. The molecule has 5 aromatic heterocycles. The summed E-state index contributed by atoms with van der Waals surface area (Å²) in [5.74, 6) is -4.54. The number of H-pyrrole nitrogens is 1. The number of thioether (sulfide) groups is 1. The quantitative estimate of drug-likeness (QED) is 0.0111. The van der Waals surface area contributed by atoms with E-state index in [0.717, 1.165) is 40.0 Å². The van der Waals surface area contributed by atoms with Gasteiger partial charge in [-0.05, 0) is 215 Å². The summed E-state index contributed by atoms with van der Waals surface area (Å²) in [4.78, 5) is 96.7. The van der Waals surface area contributed by atoms with Crippen LogP contribution >= 0.6 is 11.8 Å². The number of ether oxygens (including phenoxy) is 3. The van der Waals surface area contributed by atoms with Gasteiger partial charge in [-0.15, -0.1) is 0 Å². The van der Waals surface area contributed by atoms with Gasteiger partial charge in [0.05, 0.1) is 93.2 Å². The second-order valence-electron chi connectivity index (χ2n) is 31.8. The van der Waals surface area contributed by atoms with Crippen molar-refractivity contribution in [2.45, 2.75) is 91.3 Å². The first-order chi connectivity index (χ1) is 66.6. The van der Waals surface area contributed by atoms with Gasteiger partial charge in [0.25, 0.3) is 28.9 Å². The number of nitrogen functional groups attached to an aromatic ring is 5. The molecule has 5 heterocycles. The third kappa shape index (κ3) is 35.7. The minimum Gasteiger partial charge on any atom is -0.493 e. The van der Waals surface area contributed by atoms with E-state index in [2.05, 4.69) is 62.3 Å². The monoisotopic (exact) mass is 1960 g/mol. The van der Waals surface area contributed by atoms with Crippen molar-refractivity contribution in [2.75, 3.05) is 69.5 Å². The number of nitrogens with zero attached hydrogens (tertiary/aromatic N) is 9. The van der Waals surface area contributed by atoms with E-state index in [1.165, 1.54) is 73.9 Å². The maximum atomic E-state index is 14.2. The Labute approximate surface area is 810 Å². The number of aryl methyl sites for hydroxylation is 3. The van der Waals surface area contributed by atoms with E-state index in [4.69, 9.17) is 48.0 Å². The first-order valence-corrected chi connectivity index (χ1v) is 42.8. The Bertz CT molecular complexity index is 6630. The molecule has 42 heteroatoms. The van der Waals surface area contributed by atoms with Crippen LogP contribution in [0.3, 0.4) is 0 Å². The van der Waals surface area contributed by atoms with Crippen molar-refractivity contribution in [1.82, 2.24) is 33.2 Å². The standard InChI is InChI=1S/C23H24FN3O3.C19H17FN4O2.C13H16N2O.C10H8FN3O2.C9H9NO3.C8H14N2S.C7H7FN2O2.C6H4F2N2O2.C4H5N/c1-14-10-20(19(25)12-18(14)24)27-23(28)16-6-4-15(5-7-16)13-26-17-8-9-21(29-2)22(11-17)30-3;1-12(25)22-14-6-4-13(5-7-14)19(26)23-17-11-18(15(20)10-16(17)21)24-8-2-3-9-24;1-13(2,3)16-12-6-4-11(5-7-12)15-9-8-14-10-15;11-7-5-10(14(15)16)8(12)6-9(7)13-3-1-2-4-13;1-6(11)10-8-4-2-7(3-5-8)9(12)13;1-8(2,3)11-7-9-5-6-10(7)4;1-4-2-6(9)7(10(11)12)3-5(4)8;7-3-1-5(9)6(10(11)12)2-4(3)8;1-2-4-5-3-1/h4-12,26H,13,25H2,1-3H3,(H,27,28);2-11H,21H2,1H3,(H,22,25)(H,23,26);4-10H,1-3H3;1-6H,12H2;2-5H,1H3,(H,10,11)(H,12,13);5-6H,1-4H3;2-3H,9H2,1H3;1-2H,9H2;1-5H. The van der Waals surface area contributed by atoms with Crippen molar-refractivity contribution in [3.63, 3.8) is 0 Å². The lowest BCUT2D eigenvalue weighted by Gasteiger charge is -2.21. The van der Waals surface area contributed by atoms with Crippen molar-refractivity contribution in [2.24, 2.45) is 7.05 Å². The van der Waals surface area contributed by atoms with Crippen LogP contribution in [0.4, 0.5) is 100 Å². The Balaban J connectivity index is 0.000000223. The van der Waals surface area contributed by atoms with Crippen LogP contribution in [0.15, 0.2) is 286 Å². The van der Waals surface area contributed by atoms with Gasteiger partial charge >= 0.3 is 5.97 Å². The maximum Gasteiger partial charge on any atom is 0.335 e.